The van der Waals surface area contributed by atoms with Crippen molar-refractivity contribution in [2.75, 3.05) is 21.3 Å². The molecule has 18 heavy (non-hydrogen) atoms. The molecule has 1 aromatic rings. The summed E-state index contributed by atoms with van der Waals surface area (Å²) in [6, 6.07) is 3.67. The molecule has 102 valence electrons. The first-order chi connectivity index (χ1) is 8.39. The highest BCUT2D eigenvalue weighted by Gasteiger charge is 2.32. The van der Waals surface area contributed by atoms with Gasteiger partial charge in [0.25, 0.3) is 0 Å². The van der Waals surface area contributed by atoms with Crippen LogP contribution >= 0.6 is 7.60 Å². The SMILES string of the molecule is COc1c(C)cc(C(N)P(=O)(OC)OC)cc1C. The van der Waals surface area contributed by atoms with Gasteiger partial charge in [-0.1, -0.05) is 12.1 Å². The van der Waals surface area contributed by atoms with Gasteiger partial charge in [-0.3, -0.25) is 4.57 Å². The minimum atomic E-state index is -3.32. The molecule has 0 bridgehead atoms. The average molecular weight is 273 g/mol. The number of ether oxygens (including phenoxy) is 1. The Labute approximate surface area is 108 Å². The highest BCUT2D eigenvalue weighted by Crippen LogP contribution is 2.57. The van der Waals surface area contributed by atoms with E-state index in [1.807, 2.05) is 26.0 Å². The van der Waals surface area contributed by atoms with E-state index in [2.05, 4.69) is 0 Å². The summed E-state index contributed by atoms with van der Waals surface area (Å²) in [5.74, 6) is -0.00794. The summed E-state index contributed by atoms with van der Waals surface area (Å²) in [6.45, 7) is 3.82. The molecule has 0 saturated carbocycles. The third-order valence-electron chi connectivity index (χ3n) is 2.88. The van der Waals surface area contributed by atoms with Crippen LogP contribution in [0, 0.1) is 13.8 Å². The molecule has 2 N–H and O–H groups in total. The van der Waals surface area contributed by atoms with E-state index in [9.17, 15) is 4.57 Å². The summed E-state index contributed by atoms with van der Waals surface area (Å²) in [6.07, 6.45) is 0. The van der Waals surface area contributed by atoms with Gasteiger partial charge in [0, 0.05) is 14.2 Å². The van der Waals surface area contributed by atoms with Crippen LogP contribution in [0.25, 0.3) is 0 Å². The summed E-state index contributed by atoms with van der Waals surface area (Å²) in [7, 11) is 0.948. The molecule has 1 unspecified atom stereocenters. The van der Waals surface area contributed by atoms with Crippen molar-refractivity contribution in [3.05, 3.63) is 28.8 Å². The van der Waals surface area contributed by atoms with Crippen molar-refractivity contribution in [2.24, 2.45) is 5.73 Å². The Bertz CT molecular complexity index is 444. The molecule has 0 spiro atoms. The number of hydrogen-bond acceptors (Lipinski definition) is 5. The van der Waals surface area contributed by atoms with Crippen LogP contribution in [0.5, 0.6) is 5.75 Å². The van der Waals surface area contributed by atoms with Gasteiger partial charge in [-0.15, -0.1) is 0 Å². The summed E-state index contributed by atoms with van der Waals surface area (Å²) in [4.78, 5) is 0. The number of aryl methyl sites for hydroxylation is 2. The fourth-order valence-electron chi connectivity index (χ4n) is 1.96. The van der Waals surface area contributed by atoms with E-state index in [1.165, 1.54) is 14.2 Å². The Morgan fingerprint density at radius 1 is 1.11 bits per heavy atom. The highest BCUT2D eigenvalue weighted by atomic mass is 31.2. The number of benzene rings is 1. The van der Waals surface area contributed by atoms with Crippen LogP contribution in [0.3, 0.4) is 0 Å². The first-order valence-corrected chi connectivity index (χ1v) is 7.12. The van der Waals surface area contributed by atoms with Gasteiger partial charge in [0.05, 0.1) is 7.11 Å². The molecule has 0 radical (unpaired) electrons. The van der Waals surface area contributed by atoms with Crippen LogP contribution in [0.15, 0.2) is 12.1 Å². The van der Waals surface area contributed by atoms with Gasteiger partial charge in [-0.2, -0.15) is 0 Å². The first kappa shape index (κ1) is 15.2. The van der Waals surface area contributed by atoms with E-state index < -0.39 is 13.4 Å². The summed E-state index contributed by atoms with van der Waals surface area (Å²) in [5, 5.41) is 0. The Balaban J connectivity index is 3.23. The average Bonchev–Trinajstić information content (AvgIpc) is 2.36. The maximum Gasteiger partial charge on any atom is 0.351 e. The Morgan fingerprint density at radius 2 is 1.56 bits per heavy atom. The molecule has 1 atom stereocenters. The van der Waals surface area contributed by atoms with Crippen molar-refractivity contribution >= 4 is 7.60 Å². The minimum Gasteiger partial charge on any atom is -0.496 e. The molecule has 0 aliphatic rings. The fourth-order valence-corrected chi connectivity index (χ4v) is 3.08. The minimum absolute atomic E-state index is 0.706. The van der Waals surface area contributed by atoms with Gasteiger partial charge in [0.2, 0.25) is 0 Å². The zero-order valence-electron chi connectivity index (χ0n) is 11.4. The molecule has 1 rings (SSSR count). The number of hydrogen-bond donors (Lipinski definition) is 1. The largest absolute Gasteiger partial charge is 0.496 e. The van der Waals surface area contributed by atoms with Crippen molar-refractivity contribution in [1.29, 1.82) is 0 Å². The van der Waals surface area contributed by atoms with E-state index in [1.54, 1.807) is 7.11 Å². The molecule has 0 aromatic heterocycles. The molecule has 5 nitrogen and oxygen atoms in total. The summed E-state index contributed by atoms with van der Waals surface area (Å²) < 4.78 is 27.3. The second kappa shape index (κ2) is 5.85. The van der Waals surface area contributed by atoms with E-state index in [0.29, 0.717) is 5.56 Å². The summed E-state index contributed by atoms with van der Waals surface area (Å²) in [5.41, 5.74) is 8.54. The predicted molar refractivity (Wildman–Crippen MR) is 71.0 cm³/mol. The lowest BCUT2D eigenvalue weighted by Gasteiger charge is -2.22. The lowest BCUT2D eigenvalue weighted by molar-refractivity contribution is 0.266. The van der Waals surface area contributed by atoms with Crippen molar-refractivity contribution in [3.8, 4) is 5.75 Å². The van der Waals surface area contributed by atoms with Gasteiger partial charge in [0.1, 0.15) is 11.5 Å². The van der Waals surface area contributed by atoms with Crippen LogP contribution in [-0.4, -0.2) is 21.3 Å². The normalized spacial score (nSPS) is 13.4. The molecule has 0 fully saturated rings. The van der Waals surface area contributed by atoms with Gasteiger partial charge in [-0.25, -0.2) is 0 Å². The van der Waals surface area contributed by atoms with Crippen molar-refractivity contribution < 1.29 is 18.3 Å². The molecule has 0 saturated heterocycles. The highest BCUT2D eigenvalue weighted by molar-refractivity contribution is 7.54. The van der Waals surface area contributed by atoms with Crippen LogP contribution in [0.2, 0.25) is 0 Å². The quantitative estimate of drug-likeness (QED) is 0.835. The molecule has 0 aliphatic heterocycles. The van der Waals surface area contributed by atoms with E-state index in [-0.39, 0.29) is 0 Å². The molecule has 1 aromatic carbocycles. The maximum absolute atomic E-state index is 12.2. The lowest BCUT2D eigenvalue weighted by atomic mass is 10.1. The Morgan fingerprint density at radius 3 is 1.89 bits per heavy atom. The fraction of sp³-hybridized carbons (Fsp3) is 0.500. The van der Waals surface area contributed by atoms with E-state index >= 15 is 0 Å². The van der Waals surface area contributed by atoms with Gasteiger partial charge in [0.15, 0.2) is 0 Å². The third-order valence-corrected chi connectivity index (χ3v) is 4.88. The van der Waals surface area contributed by atoms with Gasteiger partial charge >= 0.3 is 7.60 Å². The van der Waals surface area contributed by atoms with Crippen LogP contribution in [0.4, 0.5) is 0 Å². The van der Waals surface area contributed by atoms with Crippen molar-refractivity contribution in [1.82, 2.24) is 0 Å². The predicted octanol–water partition coefficient (Wildman–Crippen LogP) is 2.76. The number of nitrogens with two attached hydrogens (primary N) is 1. The van der Waals surface area contributed by atoms with Gasteiger partial charge < -0.3 is 19.5 Å². The second-order valence-corrected chi connectivity index (χ2v) is 6.40. The molecule has 6 heteroatoms. The standard InChI is InChI=1S/C12H20NO4P/c1-8-6-10(7-9(2)11(8)15-3)12(13)18(14,16-4)17-5/h6-7,12H,13H2,1-5H3. The molecular weight excluding hydrogens is 253 g/mol. The molecule has 0 heterocycles. The zero-order chi connectivity index (χ0) is 13.9. The Hall–Kier alpha value is -0.870. The monoisotopic (exact) mass is 273 g/mol. The molecular formula is C12H20NO4P. The van der Waals surface area contributed by atoms with Crippen molar-refractivity contribution in [2.45, 2.75) is 19.6 Å². The Kier molecular flexibility index (Phi) is 4.93. The second-order valence-electron chi connectivity index (χ2n) is 4.04. The molecule has 0 aliphatic carbocycles. The van der Waals surface area contributed by atoms with E-state index in [0.717, 1.165) is 16.9 Å². The maximum atomic E-state index is 12.2. The topological polar surface area (TPSA) is 70.8 Å². The smallest absolute Gasteiger partial charge is 0.351 e. The molecule has 0 amide bonds. The lowest BCUT2D eigenvalue weighted by Crippen LogP contribution is -2.13. The van der Waals surface area contributed by atoms with Crippen LogP contribution in [-0.2, 0) is 13.6 Å². The van der Waals surface area contributed by atoms with Crippen LogP contribution in [0.1, 0.15) is 22.5 Å². The number of rotatable bonds is 5. The van der Waals surface area contributed by atoms with Crippen LogP contribution < -0.4 is 10.5 Å². The summed E-state index contributed by atoms with van der Waals surface area (Å²) >= 11 is 0. The zero-order valence-corrected chi connectivity index (χ0v) is 12.3. The van der Waals surface area contributed by atoms with Crippen molar-refractivity contribution in [3.63, 3.8) is 0 Å². The number of methoxy groups -OCH3 is 1. The van der Waals surface area contributed by atoms with Gasteiger partial charge in [-0.05, 0) is 30.5 Å². The third kappa shape index (κ3) is 2.75. The first-order valence-electron chi connectivity index (χ1n) is 5.51. The van der Waals surface area contributed by atoms with E-state index in [4.69, 9.17) is 19.5 Å².